The summed E-state index contributed by atoms with van der Waals surface area (Å²) >= 11 is 0. The molecule has 7 heteroatoms. The summed E-state index contributed by atoms with van der Waals surface area (Å²) in [7, 11) is 0. The number of alkyl halides is 2. The minimum Gasteiger partial charge on any atom is -0.465 e. The van der Waals surface area contributed by atoms with Crippen LogP contribution in [0.3, 0.4) is 0 Å². The molecule has 1 heterocycles. The molecule has 86 valence electrons. The van der Waals surface area contributed by atoms with Crippen LogP contribution in [0.1, 0.15) is 13.3 Å². The van der Waals surface area contributed by atoms with Gasteiger partial charge in [0.25, 0.3) is 5.91 Å². The zero-order chi connectivity index (χ0) is 11.6. The molecule has 0 aromatic carbocycles. The second-order valence-corrected chi connectivity index (χ2v) is 3.58. The van der Waals surface area contributed by atoms with Crippen LogP contribution in [0.25, 0.3) is 0 Å². The summed E-state index contributed by atoms with van der Waals surface area (Å²) in [5.41, 5.74) is 0. The van der Waals surface area contributed by atoms with Gasteiger partial charge in [0, 0.05) is 26.1 Å². The fraction of sp³-hybridized carbons (Fsp3) is 0.750. The highest BCUT2D eigenvalue weighted by atomic mass is 19.3. The number of likely N-dealkylation sites (tertiary alicyclic amines) is 1. The first-order chi connectivity index (χ1) is 6.80. The van der Waals surface area contributed by atoms with Crippen LogP contribution < -0.4 is 5.32 Å². The van der Waals surface area contributed by atoms with Crippen molar-refractivity contribution in [3.8, 4) is 0 Å². The number of rotatable bonds is 2. The Morgan fingerprint density at radius 2 is 2.13 bits per heavy atom. The molecule has 0 bridgehead atoms. The summed E-state index contributed by atoms with van der Waals surface area (Å²) in [5.74, 6) is -4.78. The third kappa shape index (κ3) is 3.03. The van der Waals surface area contributed by atoms with Gasteiger partial charge in [-0.1, -0.05) is 0 Å². The number of nitrogens with one attached hydrogen (secondary N) is 1. The lowest BCUT2D eigenvalue weighted by Gasteiger charge is -2.16. The van der Waals surface area contributed by atoms with E-state index in [1.807, 2.05) is 0 Å². The van der Waals surface area contributed by atoms with Crippen molar-refractivity contribution in [2.24, 2.45) is 0 Å². The number of hydrogen-bond acceptors (Lipinski definition) is 2. The maximum Gasteiger partial charge on any atom is 0.407 e. The van der Waals surface area contributed by atoms with Crippen LogP contribution in [-0.2, 0) is 4.79 Å². The quantitative estimate of drug-likeness (QED) is 0.715. The normalized spacial score (nSPS) is 21.5. The van der Waals surface area contributed by atoms with Crippen molar-refractivity contribution in [3.05, 3.63) is 0 Å². The van der Waals surface area contributed by atoms with Crippen molar-refractivity contribution in [1.29, 1.82) is 0 Å². The van der Waals surface area contributed by atoms with Crippen LogP contribution in [-0.4, -0.2) is 47.1 Å². The molecule has 0 aliphatic carbocycles. The predicted octanol–water partition coefficient (Wildman–Crippen LogP) is 0.510. The van der Waals surface area contributed by atoms with Crippen molar-refractivity contribution in [2.45, 2.75) is 25.3 Å². The molecule has 0 aromatic rings. The molecule has 0 spiro atoms. The first kappa shape index (κ1) is 11.7. The molecule has 1 fully saturated rings. The highest BCUT2D eigenvalue weighted by Crippen LogP contribution is 2.14. The molecule has 0 aromatic heterocycles. The summed E-state index contributed by atoms with van der Waals surface area (Å²) in [6.45, 7) is 0.832. The minimum atomic E-state index is -3.42. The third-order valence-electron chi connectivity index (χ3n) is 2.19. The van der Waals surface area contributed by atoms with Gasteiger partial charge in [-0.05, 0) is 6.42 Å². The number of carboxylic acid groups (broad SMARTS) is 1. The van der Waals surface area contributed by atoms with Gasteiger partial charge in [0.15, 0.2) is 0 Å². The Kier molecular flexibility index (Phi) is 3.11. The van der Waals surface area contributed by atoms with Crippen LogP contribution in [0, 0.1) is 0 Å². The summed E-state index contributed by atoms with van der Waals surface area (Å²) in [6.07, 6.45) is -0.733. The molecule has 1 aliphatic heterocycles. The molecule has 1 atom stereocenters. The van der Waals surface area contributed by atoms with E-state index in [0.29, 0.717) is 13.3 Å². The second-order valence-electron chi connectivity index (χ2n) is 3.58. The van der Waals surface area contributed by atoms with Crippen molar-refractivity contribution in [2.75, 3.05) is 13.1 Å². The molecule has 2 amide bonds. The van der Waals surface area contributed by atoms with Gasteiger partial charge < -0.3 is 15.3 Å². The molecule has 0 radical (unpaired) electrons. The van der Waals surface area contributed by atoms with Gasteiger partial charge in [-0.25, -0.2) is 4.79 Å². The van der Waals surface area contributed by atoms with Crippen LogP contribution in [0.4, 0.5) is 13.6 Å². The highest BCUT2D eigenvalue weighted by molar-refractivity contribution is 5.83. The zero-order valence-electron chi connectivity index (χ0n) is 8.17. The molecular weight excluding hydrogens is 210 g/mol. The number of hydrogen-bond donors (Lipinski definition) is 2. The lowest BCUT2D eigenvalue weighted by Crippen LogP contribution is -2.45. The lowest BCUT2D eigenvalue weighted by molar-refractivity contribution is -0.143. The standard InChI is InChI=1S/C8H12F2N2O3/c1-8(9,10)6(13)11-5-2-3-12(4-5)7(14)15/h5H,2-4H2,1H3,(H,11,13)(H,14,15)/t5-/m0/s1. The first-order valence-electron chi connectivity index (χ1n) is 4.47. The Morgan fingerprint density at radius 3 is 2.53 bits per heavy atom. The number of carbonyl (C=O) groups is 2. The first-order valence-corrected chi connectivity index (χ1v) is 4.47. The fourth-order valence-electron chi connectivity index (χ4n) is 1.36. The van der Waals surface area contributed by atoms with E-state index in [1.54, 1.807) is 0 Å². The molecule has 0 unspecified atom stereocenters. The highest BCUT2D eigenvalue weighted by Gasteiger charge is 2.35. The van der Waals surface area contributed by atoms with E-state index >= 15 is 0 Å². The topological polar surface area (TPSA) is 69.6 Å². The smallest absolute Gasteiger partial charge is 0.407 e. The monoisotopic (exact) mass is 222 g/mol. The average Bonchev–Trinajstić information content (AvgIpc) is 2.50. The Hall–Kier alpha value is -1.40. The molecular formula is C8H12F2N2O3. The SMILES string of the molecule is CC(F)(F)C(=O)N[C@H]1CCN(C(=O)O)C1. The van der Waals surface area contributed by atoms with Gasteiger partial charge in [-0.15, -0.1) is 0 Å². The zero-order valence-corrected chi connectivity index (χ0v) is 8.17. The molecule has 1 rings (SSSR count). The summed E-state index contributed by atoms with van der Waals surface area (Å²) < 4.78 is 25.0. The fourth-order valence-corrected chi connectivity index (χ4v) is 1.36. The number of halogens is 2. The minimum absolute atomic E-state index is 0.0666. The summed E-state index contributed by atoms with van der Waals surface area (Å²) in [6, 6.07) is -0.514. The Labute approximate surface area is 85.0 Å². The van der Waals surface area contributed by atoms with E-state index in [9.17, 15) is 18.4 Å². The molecule has 1 saturated heterocycles. The van der Waals surface area contributed by atoms with Crippen molar-refractivity contribution in [3.63, 3.8) is 0 Å². The van der Waals surface area contributed by atoms with Crippen LogP contribution in [0.15, 0.2) is 0 Å². The van der Waals surface area contributed by atoms with E-state index in [1.165, 1.54) is 0 Å². The summed E-state index contributed by atoms with van der Waals surface area (Å²) in [4.78, 5) is 22.4. The van der Waals surface area contributed by atoms with Gasteiger partial charge >= 0.3 is 12.0 Å². The number of nitrogens with zero attached hydrogens (tertiary/aromatic N) is 1. The van der Waals surface area contributed by atoms with Crippen molar-refractivity contribution < 1.29 is 23.5 Å². The van der Waals surface area contributed by atoms with Crippen LogP contribution in [0.2, 0.25) is 0 Å². The maximum absolute atomic E-state index is 12.5. The Morgan fingerprint density at radius 1 is 1.53 bits per heavy atom. The van der Waals surface area contributed by atoms with Gasteiger partial charge in [0.05, 0.1) is 0 Å². The molecule has 15 heavy (non-hydrogen) atoms. The third-order valence-corrected chi connectivity index (χ3v) is 2.19. The van der Waals surface area contributed by atoms with Crippen molar-refractivity contribution in [1.82, 2.24) is 10.2 Å². The Bertz CT molecular complexity index is 278. The largest absolute Gasteiger partial charge is 0.465 e. The molecule has 2 N–H and O–H groups in total. The predicted molar refractivity (Wildman–Crippen MR) is 46.8 cm³/mol. The second kappa shape index (κ2) is 4.00. The number of carbonyl (C=O) groups excluding carboxylic acids is 1. The molecule has 1 aliphatic rings. The van der Waals surface area contributed by atoms with E-state index in [2.05, 4.69) is 5.32 Å². The van der Waals surface area contributed by atoms with Gasteiger partial charge in [-0.3, -0.25) is 4.79 Å². The molecule has 5 nitrogen and oxygen atoms in total. The molecule has 0 saturated carbocycles. The lowest BCUT2D eigenvalue weighted by atomic mass is 10.2. The van der Waals surface area contributed by atoms with Crippen molar-refractivity contribution >= 4 is 12.0 Å². The maximum atomic E-state index is 12.5. The van der Waals surface area contributed by atoms with E-state index in [-0.39, 0.29) is 13.1 Å². The van der Waals surface area contributed by atoms with Crippen LogP contribution in [0.5, 0.6) is 0 Å². The van der Waals surface area contributed by atoms with E-state index in [0.717, 1.165) is 4.90 Å². The van der Waals surface area contributed by atoms with Gasteiger partial charge in [0.2, 0.25) is 0 Å². The van der Waals surface area contributed by atoms with Gasteiger partial charge in [0.1, 0.15) is 0 Å². The van der Waals surface area contributed by atoms with Gasteiger partial charge in [-0.2, -0.15) is 8.78 Å². The van der Waals surface area contributed by atoms with E-state index in [4.69, 9.17) is 5.11 Å². The average molecular weight is 222 g/mol. The number of amides is 2. The van der Waals surface area contributed by atoms with E-state index < -0.39 is 24.0 Å². The Balaban J connectivity index is 2.43. The van der Waals surface area contributed by atoms with Crippen LogP contribution >= 0.6 is 0 Å². The summed E-state index contributed by atoms with van der Waals surface area (Å²) in [5, 5.41) is 10.7.